The van der Waals surface area contributed by atoms with Crippen molar-refractivity contribution in [1.29, 1.82) is 0 Å². The van der Waals surface area contributed by atoms with Gasteiger partial charge in [-0.25, -0.2) is 8.42 Å². The standard InChI is InChI=1S/C11H14ClNO5S2/c1-17-10(14)6-8-7-13(4-5-18-8)20(15,16)11-3-2-9(12)19-11/h2-3,8H,4-7H2,1H3. The molecule has 2 rings (SSSR count). The second kappa shape index (κ2) is 6.40. The Balaban J connectivity index is 2.10. The molecule has 0 amide bonds. The van der Waals surface area contributed by atoms with Crippen LogP contribution in [-0.2, 0) is 24.3 Å². The van der Waals surface area contributed by atoms with Crippen LogP contribution in [0.5, 0.6) is 0 Å². The Hall–Kier alpha value is -0.670. The van der Waals surface area contributed by atoms with Crippen LogP contribution in [0, 0.1) is 0 Å². The summed E-state index contributed by atoms with van der Waals surface area (Å²) in [6, 6.07) is 3.03. The summed E-state index contributed by atoms with van der Waals surface area (Å²) in [6.07, 6.45) is -0.449. The van der Waals surface area contributed by atoms with E-state index in [0.29, 0.717) is 4.34 Å². The molecule has 9 heteroatoms. The highest BCUT2D eigenvalue weighted by Gasteiger charge is 2.32. The number of nitrogens with zero attached hydrogens (tertiary/aromatic N) is 1. The molecule has 112 valence electrons. The van der Waals surface area contributed by atoms with Gasteiger partial charge in [-0.3, -0.25) is 4.79 Å². The van der Waals surface area contributed by atoms with Gasteiger partial charge in [-0.2, -0.15) is 4.31 Å². The molecule has 1 aliphatic heterocycles. The van der Waals surface area contributed by atoms with E-state index < -0.39 is 22.1 Å². The molecule has 1 unspecified atom stereocenters. The van der Waals surface area contributed by atoms with E-state index >= 15 is 0 Å². The number of carbonyl (C=O) groups excluding carboxylic acids is 1. The summed E-state index contributed by atoms with van der Waals surface area (Å²) in [5.41, 5.74) is 0. The number of esters is 1. The number of methoxy groups -OCH3 is 1. The molecule has 0 aromatic carbocycles. The van der Waals surface area contributed by atoms with Crippen molar-refractivity contribution in [2.75, 3.05) is 26.8 Å². The molecular weight excluding hydrogens is 326 g/mol. The summed E-state index contributed by atoms with van der Waals surface area (Å²) in [6.45, 7) is 0.641. The summed E-state index contributed by atoms with van der Waals surface area (Å²) >= 11 is 6.78. The molecular formula is C11H14ClNO5S2. The summed E-state index contributed by atoms with van der Waals surface area (Å²) in [7, 11) is -2.30. The number of rotatable bonds is 4. The Morgan fingerprint density at radius 2 is 2.35 bits per heavy atom. The molecule has 1 aliphatic rings. The zero-order chi connectivity index (χ0) is 14.8. The van der Waals surface area contributed by atoms with Gasteiger partial charge in [0.05, 0.1) is 30.6 Å². The Bertz CT molecular complexity index is 585. The van der Waals surface area contributed by atoms with Crippen molar-refractivity contribution in [1.82, 2.24) is 4.31 Å². The average Bonchev–Trinajstić information content (AvgIpc) is 2.86. The van der Waals surface area contributed by atoms with Gasteiger partial charge in [0.2, 0.25) is 0 Å². The van der Waals surface area contributed by atoms with E-state index in [1.54, 1.807) is 6.07 Å². The highest BCUT2D eigenvalue weighted by molar-refractivity contribution is 7.91. The predicted molar refractivity (Wildman–Crippen MR) is 74.5 cm³/mol. The number of carbonyl (C=O) groups is 1. The number of thiophene rings is 1. The van der Waals surface area contributed by atoms with Crippen molar-refractivity contribution < 1.29 is 22.7 Å². The van der Waals surface area contributed by atoms with E-state index in [4.69, 9.17) is 16.3 Å². The molecule has 1 aromatic heterocycles. The zero-order valence-corrected chi connectivity index (χ0v) is 13.1. The molecule has 0 spiro atoms. The molecule has 20 heavy (non-hydrogen) atoms. The minimum atomic E-state index is -3.58. The van der Waals surface area contributed by atoms with Crippen molar-refractivity contribution in [3.05, 3.63) is 16.5 Å². The first-order valence-electron chi connectivity index (χ1n) is 5.87. The molecule has 1 aromatic rings. The molecule has 0 bridgehead atoms. The van der Waals surface area contributed by atoms with Crippen LogP contribution in [-0.4, -0.2) is 51.6 Å². The van der Waals surface area contributed by atoms with E-state index in [9.17, 15) is 13.2 Å². The second-order valence-electron chi connectivity index (χ2n) is 4.19. The Morgan fingerprint density at radius 3 is 2.95 bits per heavy atom. The van der Waals surface area contributed by atoms with Gasteiger partial charge in [0.15, 0.2) is 0 Å². The summed E-state index contributed by atoms with van der Waals surface area (Å²) < 4.78 is 36.7. The van der Waals surface area contributed by atoms with Gasteiger partial charge in [0.25, 0.3) is 10.0 Å². The van der Waals surface area contributed by atoms with Crippen molar-refractivity contribution in [3.63, 3.8) is 0 Å². The number of ether oxygens (including phenoxy) is 2. The minimum absolute atomic E-state index is 0.0354. The smallest absolute Gasteiger partial charge is 0.308 e. The van der Waals surface area contributed by atoms with Crippen LogP contribution in [0.2, 0.25) is 4.34 Å². The first-order valence-corrected chi connectivity index (χ1v) is 8.51. The maximum Gasteiger partial charge on any atom is 0.308 e. The van der Waals surface area contributed by atoms with Crippen molar-refractivity contribution in [2.45, 2.75) is 16.7 Å². The highest BCUT2D eigenvalue weighted by atomic mass is 35.5. The highest BCUT2D eigenvalue weighted by Crippen LogP contribution is 2.29. The normalized spacial score (nSPS) is 20.8. The summed E-state index contributed by atoms with van der Waals surface area (Å²) in [4.78, 5) is 11.2. The topological polar surface area (TPSA) is 72.9 Å². The summed E-state index contributed by atoms with van der Waals surface area (Å²) in [5, 5.41) is 0. The maximum absolute atomic E-state index is 12.4. The lowest BCUT2D eigenvalue weighted by Crippen LogP contribution is -2.46. The third-order valence-corrected chi connectivity index (χ3v) is 6.43. The SMILES string of the molecule is COC(=O)CC1CN(S(=O)(=O)c2ccc(Cl)s2)CCO1. The van der Waals surface area contributed by atoms with Crippen LogP contribution in [0.3, 0.4) is 0 Å². The molecule has 0 radical (unpaired) electrons. The van der Waals surface area contributed by atoms with Crippen LogP contribution >= 0.6 is 22.9 Å². The third-order valence-electron chi connectivity index (χ3n) is 2.87. The van der Waals surface area contributed by atoms with Gasteiger partial charge < -0.3 is 9.47 Å². The van der Waals surface area contributed by atoms with Gasteiger partial charge in [0.1, 0.15) is 4.21 Å². The molecule has 1 saturated heterocycles. The van der Waals surface area contributed by atoms with E-state index in [1.807, 2.05) is 0 Å². The minimum Gasteiger partial charge on any atom is -0.469 e. The average molecular weight is 340 g/mol. The van der Waals surface area contributed by atoms with Crippen molar-refractivity contribution >= 4 is 38.9 Å². The maximum atomic E-state index is 12.4. The fourth-order valence-electron chi connectivity index (χ4n) is 1.87. The fraction of sp³-hybridized carbons (Fsp3) is 0.545. The van der Waals surface area contributed by atoms with Crippen LogP contribution in [0.4, 0.5) is 0 Å². The number of halogens is 1. The lowest BCUT2D eigenvalue weighted by Gasteiger charge is -2.31. The van der Waals surface area contributed by atoms with E-state index in [-0.39, 0.29) is 30.3 Å². The second-order valence-corrected chi connectivity index (χ2v) is 8.07. The Morgan fingerprint density at radius 1 is 1.60 bits per heavy atom. The number of hydrogen-bond acceptors (Lipinski definition) is 6. The number of hydrogen-bond donors (Lipinski definition) is 0. The molecule has 0 N–H and O–H groups in total. The van der Waals surface area contributed by atoms with Crippen LogP contribution in [0.15, 0.2) is 16.3 Å². The molecule has 6 nitrogen and oxygen atoms in total. The molecule has 0 aliphatic carbocycles. The monoisotopic (exact) mass is 339 g/mol. The quantitative estimate of drug-likeness (QED) is 0.774. The van der Waals surface area contributed by atoms with Crippen molar-refractivity contribution in [2.24, 2.45) is 0 Å². The molecule has 2 heterocycles. The molecule has 0 saturated carbocycles. The van der Waals surface area contributed by atoms with Crippen LogP contribution in [0.25, 0.3) is 0 Å². The largest absolute Gasteiger partial charge is 0.469 e. The Labute approximate surface area is 126 Å². The summed E-state index contributed by atoms with van der Waals surface area (Å²) in [5.74, 6) is -0.423. The first-order chi connectivity index (χ1) is 9.43. The van der Waals surface area contributed by atoms with Crippen LogP contribution < -0.4 is 0 Å². The van der Waals surface area contributed by atoms with Gasteiger partial charge in [0, 0.05) is 13.1 Å². The van der Waals surface area contributed by atoms with E-state index in [2.05, 4.69) is 4.74 Å². The lowest BCUT2D eigenvalue weighted by molar-refractivity contribution is -0.145. The van der Waals surface area contributed by atoms with Gasteiger partial charge in [-0.1, -0.05) is 11.6 Å². The first kappa shape index (κ1) is 15.7. The van der Waals surface area contributed by atoms with Gasteiger partial charge in [-0.15, -0.1) is 11.3 Å². The predicted octanol–water partition coefficient (Wildman–Crippen LogP) is 1.35. The third kappa shape index (κ3) is 3.50. The molecule has 1 fully saturated rings. The fourth-order valence-corrected chi connectivity index (χ4v) is 4.96. The van der Waals surface area contributed by atoms with Gasteiger partial charge in [-0.05, 0) is 12.1 Å². The van der Waals surface area contributed by atoms with Crippen LogP contribution in [0.1, 0.15) is 6.42 Å². The van der Waals surface area contributed by atoms with Crippen molar-refractivity contribution in [3.8, 4) is 0 Å². The zero-order valence-electron chi connectivity index (χ0n) is 10.7. The van der Waals surface area contributed by atoms with E-state index in [0.717, 1.165) is 11.3 Å². The van der Waals surface area contributed by atoms with Gasteiger partial charge >= 0.3 is 5.97 Å². The van der Waals surface area contributed by atoms with E-state index in [1.165, 1.54) is 17.5 Å². The number of sulfonamides is 1. The lowest BCUT2D eigenvalue weighted by atomic mass is 10.2. The molecule has 1 atom stereocenters. The number of morpholine rings is 1. The Kier molecular flexibility index (Phi) is 5.03.